The molecular formula is C26H26NO3S+. The molecule has 0 unspecified atom stereocenters. The minimum Gasteiger partial charge on any atom is -0.282 e. The first-order valence-electron chi connectivity index (χ1n) is 9.89. The summed E-state index contributed by atoms with van der Waals surface area (Å²) in [5.74, 6) is 0. The van der Waals surface area contributed by atoms with Crippen LogP contribution in [0.3, 0.4) is 0 Å². The SMILES string of the molecule is C[N+](c1ccccc1)(c1ccccc1)c1ccccc1.Cc1ccc(S(=O)(=O)O)cc1. The van der Waals surface area contributed by atoms with Crippen LogP contribution in [0.4, 0.5) is 17.1 Å². The average Bonchev–Trinajstić information content (AvgIpc) is 2.80. The van der Waals surface area contributed by atoms with E-state index in [2.05, 4.69) is 98.0 Å². The van der Waals surface area contributed by atoms with Gasteiger partial charge in [-0.2, -0.15) is 8.42 Å². The summed E-state index contributed by atoms with van der Waals surface area (Å²) in [6, 6.07) is 37.8. The summed E-state index contributed by atoms with van der Waals surface area (Å²) in [4.78, 5) is -0.0666. The third-order valence-electron chi connectivity index (χ3n) is 5.14. The van der Waals surface area contributed by atoms with Crippen molar-refractivity contribution in [1.29, 1.82) is 0 Å². The smallest absolute Gasteiger partial charge is 0.282 e. The van der Waals surface area contributed by atoms with Crippen LogP contribution in [0.1, 0.15) is 5.56 Å². The topological polar surface area (TPSA) is 54.4 Å². The van der Waals surface area contributed by atoms with Crippen LogP contribution in [-0.2, 0) is 10.1 Å². The Labute approximate surface area is 184 Å². The van der Waals surface area contributed by atoms with Crippen LogP contribution in [0.25, 0.3) is 0 Å². The Morgan fingerprint density at radius 2 is 0.903 bits per heavy atom. The van der Waals surface area contributed by atoms with E-state index >= 15 is 0 Å². The molecule has 4 rings (SSSR count). The zero-order valence-electron chi connectivity index (χ0n) is 17.6. The molecule has 158 valence electrons. The van der Waals surface area contributed by atoms with Gasteiger partial charge in [-0.25, -0.2) is 4.48 Å². The van der Waals surface area contributed by atoms with Gasteiger partial charge in [0.2, 0.25) is 0 Å². The van der Waals surface area contributed by atoms with Crippen LogP contribution in [0.2, 0.25) is 0 Å². The Hall–Kier alpha value is -3.25. The maximum absolute atomic E-state index is 10.5. The summed E-state index contributed by atoms with van der Waals surface area (Å²) in [6.07, 6.45) is 0. The summed E-state index contributed by atoms with van der Waals surface area (Å²) < 4.78 is 30.2. The van der Waals surface area contributed by atoms with Gasteiger partial charge in [0.05, 0.1) is 11.9 Å². The molecule has 0 heterocycles. The third kappa shape index (κ3) is 5.47. The van der Waals surface area contributed by atoms with Crippen LogP contribution >= 0.6 is 0 Å². The fourth-order valence-electron chi connectivity index (χ4n) is 3.34. The molecule has 0 aromatic heterocycles. The van der Waals surface area contributed by atoms with Crippen LogP contribution in [-0.4, -0.2) is 20.0 Å². The normalized spacial score (nSPS) is 11.3. The zero-order valence-corrected chi connectivity index (χ0v) is 18.4. The first kappa shape index (κ1) is 22.4. The standard InChI is InChI=1S/C19H18N.C7H8O3S/c1-20(17-11-5-2-6-12-17,18-13-7-3-8-14-18)19-15-9-4-10-16-19;1-6-2-4-7(5-3-6)11(8,9)10/h2-16H,1H3;2-5H,1H3,(H,8,9,10)/q+1;. The van der Waals surface area contributed by atoms with Gasteiger partial charge in [-0.3, -0.25) is 4.55 Å². The van der Waals surface area contributed by atoms with E-state index in [0.717, 1.165) is 5.56 Å². The molecule has 0 saturated carbocycles. The van der Waals surface area contributed by atoms with Crippen molar-refractivity contribution in [3.05, 3.63) is 121 Å². The lowest BCUT2D eigenvalue weighted by atomic mass is 10.1. The number of hydrogen-bond acceptors (Lipinski definition) is 2. The fraction of sp³-hybridized carbons (Fsp3) is 0.0769. The molecular weight excluding hydrogens is 406 g/mol. The molecule has 0 bridgehead atoms. The summed E-state index contributed by atoms with van der Waals surface area (Å²) in [5, 5.41) is 0. The number of nitrogens with zero attached hydrogens (tertiary/aromatic N) is 1. The van der Waals surface area contributed by atoms with E-state index in [-0.39, 0.29) is 4.90 Å². The van der Waals surface area contributed by atoms with Crippen molar-refractivity contribution in [3.63, 3.8) is 0 Å². The minimum absolute atomic E-state index is 0.0666. The van der Waals surface area contributed by atoms with Gasteiger partial charge in [0.15, 0.2) is 0 Å². The zero-order chi connectivity index (χ0) is 22.3. The number of aryl methyl sites for hydroxylation is 1. The molecule has 0 aliphatic rings. The van der Waals surface area contributed by atoms with E-state index in [0.29, 0.717) is 4.48 Å². The predicted octanol–water partition coefficient (Wildman–Crippen LogP) is 6.53. The fourth-order valence-corrected chi connectivity index (χ4v) is 3.82. The number of hydrogen-bond donors (Lipinski definition) is 1. The molecule has 0 amide bonds. The van der Waals surface area contributed by atoms with Crippen molar-refractivity contribution in [2.75, 3.05) is 7.05 Å². The highest BCUT2D eigenvalue weighted by Gasteiger charge is 2.30. The monoisotopic (exact) mass is 432 g/mol. The molecule has 0 fully saturated rings. The largest absolute Gasteiger partial charge is 0.294 e. The van der Waals surface area contributed by atoms with E-state index in [1.807, 2.05) is 6.92 Å². The summed E-state index contributed by atoms with van der Waals surface area (Å²) >= 11 is 0. The molecule has 0 radical (unpaired) electrons. The van der Waals surface area contributed by atoms with Gasteiger partial charge in [0, 0.05) is 0 Å². The van der Waals surface area contributed by atoms with Gasteiger partial charge in [-0.1, -0.05) is 72.3 Å². The molecule has 0 spiro atoms. The molecule has 4 aromatic carbocycles. The molecule has 0 aliphatic carbocycles. The van der Waals surface area contributed by atoms with Crippen molar-refractivity contribution in [2.45, 2.75) is 11.8 Å². The van der Waals surface area contributed by atoms with Crippen LogP contribution in [0, 0.1) is 6.92 Å². The van der Waals surface area contributed by atoms with Crippen molar-refractivity contribution in [1.82, 2.24) is 4.48 Å². The van der Waals surface area contributed by atoms with Gasteiger partial charge in [-0.05, 0) is 55.5 Å². The average molecular weight is 433 g/mol. The summed E-state index contributed by atoms with van der Waals surface area (Å²) in [7, 11) is -1.78. The Bertz CT molecular complexity index is 1100. The maximum atomic E-state index is 10.5. The van der Waals surface area contributed by atoms with Crippen molar-refractivity contribution >= 4 is 27.2 Å². The number of rotatable bonds is 4. The lowest BCUT2D eigenvalue weighted by molar-refractivity contribution is 0.483. The van der Waals surface area contributed by atoms with Crippen molar-refractivity contribution in [2.24, 2.45) is 0 Å². The Morgan fingerprint density at radius 3 is 1.19 bits per heavy atom. The van der Waals surface area contributed by atoms with Crippen LogP contribution in [0.15, 0.2) is 120 Å². The maximum Gasteiger partial charge on any atom is 0.294 e. The Kier molecular flexibility index (Phi) is 7.02. The van der Waals surface area contributed by atoms with Gasteiger partial charge >= 0.3 is 0 Å². The summed E-state index contributed by atoms with van der Waals surface area (Å²) in [5.41, 5.74) is 4.72. The molecule has 0 aliphatic heterocycles. The third-order valence-corrected chi connectivity index (χ3v) is 6.00. The lowest BCUT2D eigenvalue weighted by Crippen LogP contribution is -2.33. The molecule has 5 heteroatoms. The van der Waals surface area contributed by atoms with E-state index in [1.165, 1.54) is 29.2 Å². The Balaban J connectivity index is 0.000000210. The minimum atomic E-state index is -4.02. The molecule has 4 nitrogen and oxygen atoms in total. The van der Waals surface area contributed by atoms with Crippen LogP contribution < -0.4 is 4.48 Å². The number of para-hydroxylation sites is 3. The highest BCUT2D eigenvalue weighted by atomic mass is 32.2. The quantitative estimate of drug-likeness (QED) is 0.295. The number of quaternary nitrogens is 1. The van der Waals surface area contributed by atoms with Gasteiger partial charge in [0.25, 0.3) is 10.1 Å². The summed E-state index contributed by atoms with van der Waals surface area (Å²) in [6.45, 7) is 1.84. The second-order valence-electron chi connectivity index (χ2n) is 7.30. The second kappa shape index (κ2) is 9.71. The molecule has 4 aromatic rings. The molecule has 31 heavy (non-hydrogen) atoms. The van der Waals surface area contributed by atoms with E-state index in [1.54, 1.807) is 12.1 Å². The van der Waals surface area contributed by atoms with E-state index in [9.17, 15) is 8.42 Å². The molecule has 0 atom stereocenters. The van der Waals surface area contributed by atoms with Gasteiger partial charge in [0.1, 0.15) is 17.1 Å². The highest BCUT2D eigenvalue weighted by Crippen LogP contribution is 2.41. The highest BCUT2D eigenvalue weighted by molar-refractivity contribution is 7.85. The van der Waals surface area contributed by atoms with E-state index in [4.69, 9.17) is 4.55 Å². The number of benzene rings is 4. The Morgan fingerprint density at radius 1 is 0.581 bits per heavy atom. The predicted molar refractivity (Wildman–Crippen MR) is 127 cm³/mol. The van der Waals surface area contributed by atoms with Gasteiger partial charge < -0.3 is 0 Å². The van der Waals surface area contributed by atoms with Crippen molar-refractivity contribution < 1.29 is 13.0 Å². The molecule has 0 saturated heterocycles. The van der Waals surface area contributed by atoms with E-state index < -0.39 is 10.1 Å². The lowest BCUT2D eigenvalue weighted by Gasteiger charge is -2.33. The second-order valence-corrected chi connectivity index (χ2v) is 8.72. The molecule has 1 N–H and O–H groups in total. The first-order valence-corrected chi connectivity index (χ1v) is 11.3. The van der Waals surface area contributed by atoms with Crippen molar-refractivity contribution in [3.8, 4) is 0 Å². The van der Waals surface area contributed by atoms with Gasteiger partial charge in [-0.15, -0.1) is 0 Å². The first-order chi connectivity index (χ1) is 14.8. The van der Waals surface area contributed by atoms with Crippen LogP contribution in [0.5, 0.6) is 0 Å².